The van der Waals surface area contributed by atoms with Crippen molar-refractivity contribution in [3.05, 3.63) is 40.7 Å². The molecule has 0 unspecified atom stereocenters. The van der Waals surface area contributed by atoms with Crippen molar-refractivity contribution in [3.8, 4) is 11.8 Å². The maximum atomic E-state index is 13.3. The first-order chi connectivity index (χ1) is 18.7. The van der Waals surface area contributed by atoms with Crippen LogP contribution < -0.4 is 15.0 Å². The number of methoxy groups -OCH3 is 1. The molecular formula is C27H33N7O5. The topological polar surface area (TPSA) is 141 Å². The van der Waals surface area contributed by atoms with Gasteiger partial charge in [0, 0.05) is 38.4 Å². The van der Waals surface area contributed by atoms with E-state index in [4.69, 9.17) is 9.47 Å². The third-order valence-corrected chi connectivity index (χ3v) is 6.82. The minimum atomic E-state index is -0.469. The number of carbonyl (C=O) groups excluding carboxylic acids is 3. The van der Waals surface area contributed by atoms with Crippen LogP contribution in [0.4, 0.5) is 16.4 Å². The number of pyridine rings is 2. The first-order valence-corrected chi connectivity index (χ1v) is 12.7. The molecule has 0 bridgehead atoms. The number of hydrogen-bond acceptors (Lipinski definition) is 9. The highest BCUT2D eigenvalue weighted by Gasteiger charge is 2.38. The first kappa shape index (κ1) is 27.9. The van der Waals surface area contributed by atoms with Gasteiger partial charge < -0.3 is 14.4 Å². The summed E-state index contributed by atoms with van der Waals surface area (Å²) in [6.45, 7) is 6.28. The van der Waals surface area contributed by atoms with Crippen LogP contribution >= 0.6 is 0 Å². The number of nitrogens with one attached hydrogen (secondary N) is 1. The van der Waals surface area contributed by atoms with E-state index in [0.29, 0.717) is 56.8 Å². The Balaban J connectivity index is 1.56. The highest BCUT2D eigenvalue weighted by atomic mass is 16.5. The molecule has 1 fully saturated rings. The summed E-state index contributed by atoms with van der Waals surface area (Å²) < 4.78 is 10.6. The molecule has 0 spiro atoms. The minimum absolute atomic E-state index is 0.00944. The van der Waals surface area contributed by atoms with Crippen molar-refractivity contribution in [2.75, 3.05) is 57.2 Å². The Labute approximate surface area is 227 Å². The number of nitrogens with zero attached hydrogens (tertiary/aromatic N) is 6. The van der Waals surface area contributed by atoms with Gasteiger partial charge in [0.15, 0.2) is 6.29 Å². The van der Waals surface area contributed by atoms with Gasteiger partial charge in [0.25, 0.3) is 0 Å². The normalized spacial score (nSPS) is 16.8. The van der Waals surface area contributed by atoms with Crippen molar-refractivity contribution < 1.29 is 23.9 Å². The summed E-state index contributed by atoms with van der Waals surface area (Å²) in [5.41, 5.74) is 1.50. The number of urea groups is 1. The van der Waals surface area contributed by atoms with Crippen LogP contribution in [0.25, 0.3) is 0 Å². The SMILES string of the molecule is COCCOc1cc(NC(=O)N2CCCc3cc(CN4C(=O)CN(C)CC4(C)C)c(C=O)nc32)ncc1C#N. The van der Waals surface area contributed by atoms with Gasteiger partial charge in [0.1, 0.15) is 41.3 Å². The van der Waals surface area contributed by atoms with Gasteiger partial charge in [-0.1, -0.05) is 0 Å². The molecule has 2 aliphatic heterocycles. The number of likely N-dealkylation sites (N-methyl/N-ethyl adjacent to an activating group) is 1. The summed E-state index contributed by atoms with van der Waals surface area (Å²) >= 11 is 0. The zero-order valence-electron chi connectivity index (χ0n) is 22.7. The van der Waals surface area contributed by atoms with Crippen LogP contribution in [0.5, 0.6) is 5.75 Å². The Hall–Kier alpha value is -4.08. The molecule has 2 aliphatic rings. The molecule has 206 valence electrons. The van der Waals surface area contributed by atoms with E-state index >= 15 is 0 Å². The molecular weight excluding hydrogens is 502 g/mol. The number of aryl methyl sites for hydroxylation is 1. The molecule has 12 heteroatoms. The van der Waals surface area contributed by atoms with Crippen molar-refractivity contribution >= 4 is 29.9 Å². The number of aromatic nitrogens is 2. The second-order valence-corrected chi connectivity index (χ2v) is 10.3. The summed E-state index contributed by atoms with van der Waals surface area (Å²) in [6.07, 6.45) is 3.38. The number of ether oxygens (including phenoxy) is 2. The molecule has 0 saturated carbocycles. The van der Waals surface area contributed by atoms with Crippen molar-refractivity contribution in [2.45, 2.75) is 38.8 Å². The van der Waals surface area contributed by atoms with Gasteiger partial charge in [-0.2, -0.15) is 5.26 Å². The summed E-state index contributed by atoms with van der Waals surface area (Å²) in [5.74, 6) is 0.886. The summed E-state index contributed by atoms with van der Waals surface area (Å²) in [6, 6.07) is 4.92. The van der Waals surface area contributed by atoms with Gasteiger partial charge in [-0.05, 0) is 45.4 Å². The fraction of sp³-hybridized carbons (Fsp3) is 0.481. The highest BCUT2D eigenvalue weighted by molar-refractivity contribution is 6.01. The van der Waals surface area contributed by atoms with E-state index < -0.39 is 11.6 Å². The van der Waals surface area contributed by atoms with Crippen LogP contribution in [0.15, 0.2) is 18.3 Å². The molecule has 39 heavy (non-hydrogen) atoms. The zero-order valence-corrected chi connectivity index (χ0v) is 22.7. The lowest BCUT2D eigenvalue weighted by molar-refractivity contribution is -0.144. The molecule has 12 nitrogen and oxygen atoms in total. The molecule has 0 aliphatic carbocycles. The number of aldehydes is 1. The monoisotopic (exact) mass is 535 g/mol. The van der Waals surface area contributed by atoms with Crippen LogP contribution in [0, 0.1) is 11.3 Å². The van der Waals surface area contributed by atoms with E-state index in [1.807, 2.05) is 37.9 Å². The highest BCUT2D eigenvalue weighted by Crippen LogP contribution is 2.31. The van der Waals surface area contributed by atoms with Gasteiger partial charge in [-0.3, -0.25) is 24.7 Å². The number of nitriles is 1. The van der Waals surface area contributed by atoms with E-state index in [0.717, 1.165) is 5.56 Å². The Morgan fingerprint density at radius 3 is 2.79 bits per heavy atom. The predicted molar refractivity (Wildman–Crippen MR) is 143 cm³/mol. The lowest BCUT2D eigenvalue weighted by Gasteiger charge is -2.46. The Morgan fingerprint density at radius 2 is 2.10 bits per heavy atom. The van der Waals surface area contributed by atoms with Gasteiger partial charge in [0.2, 0.25) is 5.91 Å². The molecule has 0 aromatic carbocycles. The molecule has 2 aromatic rings. The van der Waals surface area contributed by atoms with Crippen LogP contribution in [-0.2, 0) is 22.5 Å². The number of hydrogen-bond donors (Lipinski definition) is 1. The van der Waals surface area contributed by atoms with Gasteiger partial charge in [0.05, 0.1) is 24.9 Å². The molecule has 1 saturated heterocycles. The molecule has 0 radical (unpaired) electrons. The molecule has 4 rings (SSSR count). The van der Waals surface area contributed by atoms with E-state index in [2.05, 4.69) is 15.3 Å². The smallest absolute Gasteiger partial charge is 0.328 e. The van der Waals surface area contributed by atoms with Gasteiger partial charge in [-0.25, -0.2) is 14.8 Å². The van der Waals surface area contributed by atoms with Crippen LogP contribution in [-0.4, -0.2) is 90.5 Å². The maximum absolute atomic E-state index is 13.3. The second-order valence-electron chi connectivity index (χ2n) is 10.3. The number of rotatable bonds is 8. The van der Waals surface area contributed by atoms with E-state index in [1.165, 1.54) is 17.2 Å². The van der Waals surface area contributed by atoms with Crippen molar-refractivity contribution in [3.63, 3.8) is 0 Å². The van der Waals surface area contributed by atoms with Crippen molar-refractivity contribution in [1.29, 1.82) is 5.26 Å². The molecule has 0 atom stereocenters. The Bertz CT molecular complexity index is 1310. The average molecular weight is 536 g/mol. The largest absolute Gasteiger partial charge is 0.490 e. The fourth-order valence-electron chi connectivity index (χ4n) is 5.03. The molecule has 4 heterocycles. The summed E-state index contributed by atoms with van der Waals surface area (Å²) in [5, 5.41) is 12.1. The van der Waals surface area contributed by atoms with Gasteiger partial charge >= 0.3 is 6.03 Å². The summed E-state index contributed by atoms with van der Waals surface area (Å²) in [4.78, 5) is 52.2. The molecule has 3 amide bonds. The summed E-state index contributed by atoms with van der Waals surface area (Å²) in [7, 11) is 3.46. The van der Waals surface area contributed by atoms with Gasteiger partial charge in [-0.15, -0.1) is 0 Å². The van der Waals surface area contributed by atoms with Crippen LogP contribution in [0.3, 0.4) is 0 Å². The van der Waals surface area contributed by atoms with Crippen LogP contribution in [0.1, 0.15) is 47.4 Å². The maximum Gasteiger partial charge on any atom is 0.328 e. The third-order valence-electron chi connectivity index (χ3n) is 6.82. The molecule has 2 aromatic heterocycles. The average Bonchev–Trinajstić information content (AvgIpc) is 2.89. The number of amides is 3. The number of piperazine rings is 1. The Kier molecular flexibility index (Phi) is 8.42. The van der Waals surface area contributed by atoms with Crippen molar-refractivity contribution in [2.24, 2.45) is 0 Å². The number of anilines is 2. The predicted octanol–water partition coefficient (Wildman–Crippen LogP) is 2.22. The van der Waals surface area contributed by atoms with E-state index in [9.17, 15) is 19.6 Å². The molecule has 1 N–H and O–H groups in total. The standard InChI is InChI=1S/C27H33N7O5/c1-27(2)17-32(3)15-24(36)34(27)14-19-10-18-6-5-7-33(25(18)30-21(19)16-35)26(37)31-23-11-22(39-9-8-38-4)20(12-28)13-29-23/h10-11,13,16H,5-9,14-15,17H2,1-4H3,(H,29,31,37). The number of carbonyl (C=O) groups is 3. The first-order valence-electron chi connectivity index (χ1n) is 12.7. The van der Waals surface area contributed by atoms with Crippen LogP contribution in [0.2, 0.25) is 0 Å². The lowest BCUT2D eigenvalue weighted by Crippen LogP contribution is -2.60. The lowest BCUT2D eigenvalue weighted by atomic mass is 9.96. The van der Waals surface area contributed by atoms with E-state index in [-0.39, 0.29) is 41.9 Å². The fourth-order valence-corrected chi connectivity index (χ4v) is 5.03. The third kappa shape index (κ3) is 6.16. The van der Waals surface area contributed by atoms with E-state index in [1.54, 1.807) is 12.0 Å². The quantitative estimate of drug-likeness (QED) is 0.398. The Morgan fingerprint density at radius 1 is 1.31 bits per heavy atom. The van der Waals surface area contributed by atoms with Crippen molar-refractivity contribution in [1.82, 2.24) is 19.8 Å². The number of fused-ring (bicyclic) bond motifs is 1. The zero-order chi connectivity index (χ0) is 28.2. The second kappa shape index (κ2) is 11.8. The minimum Gasteiger partial charge on any atom is -0.490 e.